The Labute approximate surface area is 78.3 Å². The number of thioether (sulfide) groups is 1. The Morgan fingerprint density at radius 3 is 2.77 bits per heavy atom. The first-order chi connectivity index (χ1) is 5.98. The van der Waals surface area contributed by atoms with Crippen LogP contribution in [0.3, 0.4) is 0 Å². The summed E-state index contributed by atoms with van der Waals surface area (Å²) in [6, 6.07) is 1.17. The summed E-state index contributed by atoms with van der Waals surface area (Å²) in [4.78, 5) is 11.1. The molecule has 0 radical (unpaired) electrons. The molecule has 1 aliphatic rings. The zero-order valence-corrected chi connectivity index (χ0v) is 7.94. The second-order valence-electron chi connectivity index (χ2n) is 2.52. The molecule has 1 aromatic heterocycles. The highest BCUT2D eigenvalue weighted by Crippen LogP contribution is 2.34. The van der Waals surface area contributed by atoms with Gasteiger partial charge in [-0.05, 0) is 0 Å². The highest BCUT2D eigenvalue weighted by Gasteiger charge is 2.28. The van der Waals surface area contributed by atoms with Crippen molar-refractivity contribution in [3.05, 3.63) is 11.6 Å². The van der Waals surface area contributed by atoms with Gasteiger partial charge in [0.05, 0.1) is 11.3 Å². The van der Waals surface area contributed by atoms with Crippen LogP contribution in [0.4, 0.5) is 0 Å². The molecule has 2 rings (SSSR count). The lowest BCUT2D eigenvalue weighted by Gasteiger charge is -1.90. The van der Waals surface area contributed by atoms with Gasteiger partial charge in [-0.3, -0.25) is 4.79 Å². The van der Waals surface area contributed by atoms with E-state index < -0.39 is 10.0 Å². The van der Waals surface area contributed by atoms with Gasteiger partial charge in [-0.2, -0.15) is 0 Å². The minimum Gasteiger partial charge on any atom is -0.436 e. The number of carbonyl (C=O) groups excluding carboxylic acids is 1. The van der Waals surface area contributed by atoms with E-state index in [1.807, 2.05) is 0 Å². The van der Waals surface area contributed by atoms with E-state index in [9.17, 15) is 13.2 Å². The molecule has 0 amide bonds. The Balaban J connectivity index is 2.58. The molecular formula is C6H5NO4S2. The standard InChI is InChI=1S/C6H5NO4S2/c7-13(9,10)5-1-3-4(8)2-12-6(3)11-5/h1H,2H2,(H2,7,9,10). The van der Waals surface area contributed by atoms with E-state index in [1.54, 1.807) is 0 Å². The molecule has 0 spiro atoms. The van der Waals surface area contributed by atoms with Crippen LogP contribution >= 0.6 is 11.8 Å². The van der Waals surface area contributed by atoms with Crippen LogP contribution in [0.25, 0.3) is 0 Å². The van der Waals surface area contributed by atoms with Crippen LogP contribution in [0.5, 0.6) is 0 Å². The number of rotatable bonds is 1. The van der Waals surface area contributed by atoms with Crippen molar-refractivity contribution in [2.75, 3.05) is 5.75 Å². The van der Waals surface area contributed by atoms with Gasteiger partial charge in [0.15, 0.2) is 10.9 Å². The number of ketones is 1. The number of furan rings is 1. The third-order valence-corrected chi connectivity index (χ3v) is 3.32. The first-order valence-electron chi connectivity index (χ1n) is 3.31. The van der Waals surface area contributed by atoms with E-state index in [0.717, 1.165) is 0 Å². The van der Waals surface area contributed by atoms with Crippen molar-refractivity contribution in [2.24, 2.45) is 5.14 Å². The molecule has 0 aromatic carbocycles. The van der Waals surface area contributed by atoms with Gasteiger partial charge in [-0.1, -0.05) is 11.8 Å². The van der Waals surface area contributed by atoms with Crippen molar-refractivity contribution in [1.82, 2.24) is 0 Å². The molecule has 13 heavy (non-hydrogen) atoms. The highest BCUT2D eigenvalue weighted by molar-refractivity contribution is 8.00. The van der Waals surface area contributed by atoms with Gasteiger partial charge in [0, 0.05) is 6.07 Å². The summed E-state index contributed by atoms with van der Waals surface area (Å²) >= 11 is 1.18. The largest absolute Gasteiger partial charge is 0.436 e. The Morgan fingerprint density at radius 2 is 2.23 bits per heavy atom. The number of primary sulfonamides is 1. The molecule has 70 valence electrons. The average Bonchev–Trinajstić information content (AvgIpc) is 2.51. The zero-order chi connectivity index (χ0) is 9.64. The van der Waals surface area contributed by atoms with Crippen LogP contribution in [0.1, 0.15) is 10.4 Å². The molecule has 0 fully saturated rings. The third-order valence-electron chi connectivity index (χ3n) is 1.59. The van der Waals surface area contributed by atoms with E-state index in [2.05, 4.69) is 0 Å². The predicted octanol–water partition coefficient (Wildman–Crippen LogP) is 0.215. The number of Topliss-reactive ketones (excluding diaryl/α,β-unsaturated/α-hetero) is 1. The summed E-state index contributed by atoms with van der Waals surface area (Å²) in [5, 5.41) is 4.81. The second-order valence-corrected chi connectivity index (χ2v) is 4.96. The molecule has 5 nitrogen and oxygen atoms in total. The molecule has 0 saturated carbocycles. The van der Waals surface area contributed by atoms with E-state index in [0.29, 0.717) is 16.4 Å². The molecule has 2 heterocycles. The SMILES string of the molecule is NS(=O)(=O)c1cc2c(o1)SCC2=O. The molecule has 0 saturated heterocycles. The second kappa shape index (κ2) is 2.60. The summed E-state index contributed by atoms with van der Waals surface area (Å²) in [5.74, 6) is 0.178. The fourth-order valence-corrected chi connectivity index (χ4v) is 2.43. The van der Waals surface area contributed by atoms with E-state index in [4.69, 9.17) is 9.56 Å². The summed E-state index contributed by atoms with van der Waals surface area (Å²) in [6.45, 7) is 0. The van der Waals surface area contributed by atoms with E-state index >= 15 is 0 Å². The smallest absolute Gasteiger partial charge is 0.271 e. The van der Waals surface area contributed by atoms with Crippen molar-refractivity contribution in [1.29, 1.82) is 0 Å². The molecular weight excluding hydrogens is 214 g/mol. The highest BCUT2D eigenvalue weighted by atomic mass is 32.2. The normalized spacial score (nSPS) is 16.2. The monoisotopic (exact) mass is 219 g/mol. The first-order valence-corrected chi connectivity index (χ1v) is 5.84. The van der Waals surface area contributed by atoms with Gasteiger partial charge < -0.3 is 4.42 Å². The van der Waals surface area contributed by atoms with Gasteiger partial charge in [0.1, 0.15) is 0 Å². The molecule has 1 aromatic rings. The third kappa shape index (κ3) is 1.38. The fourth-order valence-electron chi connectivity index (χ4n) is 1.00. The maximum absolute atomic E-state index is 11.1. The maximum atomic E-state index is 11.1. The summed E-state index contributed by atoms with van der Waals surface area (Å²) in [7, 11) is -3.84. The van der Waals surface area contributed by atoms with Gasteiger partial charge in [0.2, 0.25) is 5.09 Å². The van der Waals surface area contributed by atoms with Gasteiger partial charge in [-0.15, -0.1) is 0 Å². The number of sulfonamides is 1. The van der Waals surface area contributed by atoms with Crippen molar-refractivity contribution in [3.8, 4) is 0 Å². The van der Waals surface area contributed by atoms with Gasteiger partial charge in [0.25, 0.3) is 10.0 Å². The van der Waals surface area contributed by atoms with Crippen molar-refractivity contribution in [3.63, 3.8) is 0 Å². The Bertz CT molecular complexity index is 473. The van der Waals surface area contributed by atoms with Crippen LogP contribution in [0.2, 0.25) is 0 Å². The lowest BCUT2D eigenvalue weighted by molar-refractivity contribution is 0.102. The quantitative estimate of drug-likeness (QED) is 0.729. The first kappa shape index (κ1) is 8.79. The number of carbonyl (C=O) groups is 1. The molecule has 0 bridgehead atoms. The van der Waals surface area contributed by atoms with Crippen molar-refractivity contribution in [2.45, 2.75) is 10.2 Å². The van der Waals surface area contributed by atoms with Crippen LogP contribution in [-0.2, 0) is 10.0 Å². The fraction of sp³-hybridized carbons (Fsp3) is 0.167. The molecule has 0 unspecified atom stereocenters. The molecule has 0 aliphatic carbocycles. The molecule has 1 aliphatic heterocycles. The number of fused-ring (bicyclic) bond motifs is 1. The number of hydrogen-bond donors (Lipinski definition) is 1. The Morgan fingerprint density at radius 1 is 1.54 bits per heavy atom. The summed E-state index contributed by atoms with van der Waals surface area (Å²) in [6.07, 6.45) is 0. The minimum absolute atomic E-state index is 0.126. The Hall–Kier alpha value is -0.790. The molecule has 7 heteroatoms. The van der Waals surface area contributed by atoms with Crippen LogP contribution in [0, 0.1) is 0 Å². The summed E-state index contributed by atoms with van der Waals surface area (Å²) < 4.78 is 26.5. The molecule has 2 N–H and O–H groups in total. The lowest BCUT2D eigenvalue weighted by Crippen LogP contribution is -2.11. The topological polar surface area (TPSA) is 90.4 Å². The number of nitrogens with two attached hydrogens (primary N) is 1. The van der Waals surface area contributed by atoms with Gasteiger partial charge >= 0.3 is 0 Å². The minimum atomic E-state index is -3.84. The lowest BCUT2D eigenvalue weighted by atomic mass is 10.2. The van der Waals surface area contributed by atoms with Crippen LogP contribution < -0.4 is 5.14 Å². The maximum Gasteiger partial charge on any atom is 0.271 e. The average molecular weight is 219 g/mol. The number of hydrogen-bond acceptors (Lipinski definition) is 5. The van der Waals surface area contributed by atoms with Crippen molar-refractivity contribution >= 4 is 27.6 Å². The van der Waals surface area contributed by atoms with Gasteiger partial charge in [-0.25, -0.2) is 13.6 Å². The van der Waals surface area contributed by atoms with E-state index in [1.165, 1.54) is 17.8 Å². The van der Waals surface area contributed by atoms with Crippen LogP contribution in [-0.4, -0.2) is 20.0 Å². The summed E-state index contributed by atoms with van der Waals surface area (Å²) in [5.41, 5.74) is 0.314. The van der Waals surface area contributed by atoms with Crippen molar-refractivity contribution < 1.29 is 17.6 Å². The Kier molecular flexibility index (Phi) is 1.76. The predicted molar refractivity (Wildman–Crippen MR) is 45.1 cm³/mol. The molecule has 0 atom stereocenters. The zero-order valence-electron chi connectivity index (χ0n) is 6.31. The van der Waals surface area contributed by atoms with Crippen LogP contribution in [0.15, 0.2) is 20.7 Å². The van der Waals surface area contributed by atoms with E-state index in [-0.39, 0.29) is 10.9 Å².